The van der Waals surface area contributed by atoms with Crippen molar-refractivity contribution >= 4 is 11.8 Å². The third-order valence-electron chi connectivity index (χ3n) is 4.59. The molecule has 2 amide bonds. The second-order valence-electron chi connectivity index (χ2n) is 6.16. The smallest absolute Gasteiger partial charge is 0.236 e. The maximum atomic E-state index is 12.4. The van der Waals surface area contributed by atoms with E-state index >= 15 is 0 Å². The first-order valence-corrected chi connectivity index (χ1v) is 8.05. The lowest BCUT2D eigenvalue weighted by molar-refractivity contribution is -0.136. The van der Waals surface area contributed by atoms with Gasteiger partial charge in [-0.25, -0.2) is 0 Å². The Bertz CT molecular complexity index is 367. The third-order valence-corrected chi connectivity index (χ3v) is 4.59. The number of likely N-dealkylation sites (N-methyl/N-ethyl adjacent to an activating group) is 1. The molecule has 0 spiro atoms. The van der Waals surface area contributed by atoms with Crippen molar-refractivity contribution in [1.82, 2.24) is 20.0 Å². The minimum absolute atomic E-state index is 0.0571. The monoisotopic (exact) mass is 296 g/mol. The summed E-state index contributed by atoms with van der Waals surface area (Å²) in [5.74, 6) is 0.323. The van der Waals surface area contributed by atoms with Crippen LogP contribution in [0.1, 0.15) is 26.2 Å². The minimum atomic E-state index is 0.0571. The third kappa shape index (κ3) is 4.68. The molecule has 2 aliphatic heterocycles. The highest BCUT2D eigenvalue weighted by atomic mass is 16.2. The Kier molecular flexibility index (Phi) is 5.99. The van der Waals surface area contributed by atoms with Gasteiger partial charge in [-0.3, -0.25) is 19.4 Å². The van der Waals surface area contributed by atoms with Crippen molar-refractivity contribution in [2.45, 2.75) is 32.2 Å². The van der Waals surface area contributed by atoms with Gasteiger partial charge < -0.3 is 10.2 Å². The molecular weight excluding hydrogens is 268 g/mol. The van der Waals surface area contributed by atoms with Crippen LogP contribution >= 0.6 is 0 Å². The summed E-state index contributed by atoms with van der Waals surface area (Å²) in [6.45, 7) is 7.50. The van der Waals surface area contributed by atoms with Gasteiger partial charge in [-0.15, -0.1) is 0 Å². The first kappa shape index (κ1) is 16.2. The quantitative estimate of drug-likeness (QED) is 0.777. The van der Waals surface area contributed by atoms with E-state index in [2.05, 4.69) is 22.0 Å². The van der Waals surface area contributed by atoms with Crippen LogP contribution in [0.15, 0.2) is 0 Å². The first-order chi connectivity index (χ1) is 10.1. The predicted molar refractivity (Wildman–Crippen MR) is 82.0 cm³/mol. The Morgan fingerprint density at radius 1 is 1.00 bits per heavy atom. The number of amides is 2. The second-order valence-corrected chi connectivity index (χ2v) is 6.16. The summed E-state index contributed by atoms with van der Waals surface area (Å²) in [7, 11) is 1.66. The molecule has 1 atom stereocenters. The average Bonchev–Trinajstić information content (AvgIpc) is 2.49. The summed E-state index contributed by atoms with van der Waals surface area (Å²) in [6, 6.07) is 0.390. The molecule has 1 N–H and O–H groups in total. The number of carbonyl (C=O) groups is 2. The van der Waals surface area contributed by atoms with Crippen LogP contribution in [-0.2, 0) is 9.59 Å². The number of piperazine rings is 1. The van der Waals surface area contributed by atoms with Crippen molar-refractivity contribution in [3.63, 3.8) is 0 Å². The summed E-state index contributed by atoms with van der Waals surface area (Å²) >= 11 is 0. The highest BCUT2D eigenvalue weighted by Crippen LogP contribution is 2.16. The minimum Gasteiger partial charge on any atom is -0.358 e. The van der Waals surface area contributed by atoms with Gasteiger partial charge in [0.05, 0.1) is 13.1 Å². The largest absolute Gasteiger partial charge is 0.358 e. The zero-order chi connectivity index (χ0) is 15.2. The van der Waals surface area contributed by atoms with E-state index in [-0.39, 0.29) is 11.8 Å². The van der Waals surface area contributed by atoms with Crippen LogP contribution in [0.2, 0.25) is 0 Å². The number of likely N-dealkylation sites (tertiary alicyclic amines) is 1. The molecule has 2 fully saturated rings. The van der Waals surface area contributed by atoms with Crippen molar-refractivity contribution in [2.75, 3.05) is 52.9 Å². The summed E-state index contributed by atoms with van der Waals surface area (Å²) in [5, 5.41) is 2.65. The van der Waals surface area contributed by atoms with Crippen LogP contribution in [0.25, 0.3) is 0 Å². The molecule has 0 saturated carbocycles. The van der Waals surface area contributed by atoms with Crippen molar-refractivity contribution in [2.24, 2.45) is 0 Å². The SMILES string of the molecule is CNC(=O)CN1CCN(CC(=O)N2CCCCC2C)CC1. The van der Waals surface area contributed by atoms with Gasteiger partial charge in [-0.05, 0) is 26.2 Å². The van der Waals surface area contributed by atoms with Gasteiger partial charge in [-0.2, -0.15) is 0 Å². The fourth-order valence-corrected chi connectivity index (χ4v) is 3.14. The molecule has 21 heavy (non-hydrogen) atoms. The molecule has 6 nitrogen and oxygen atoms in total. The molecule has 6 heteroatoms. The van der Waals surface area contributed by atoms with Crippen LogP contribution in [0, 0.1) is 0 Å². The van der Waals surface area contributed by atoms with Crippen molar-refractivity contribution in [3.05, 3.63) is 0 Å². The number of nitrogens with one attached hydrogen (secondary N) is 1. The molecule has 120 valence electrons. The predicted octanol–water partition coefficient (Wildman–Crippen LogP) is -0.249. The molecule has 2 saturated heterocycles. The van der Waals surface area contributed by atoms with Crippen LogP contribution in [0.3, 0.4) is 0 Å². The van der Waals surface area contributed by atoms with E-state index in [1.54, 1.807) is 7.05 Å². The summed E-state index contributed by atoms with van der Waals surface area (Å²) in [4.78, 5) is 30.1. The Hall–Kier alpha value is -1.14. The van der Waals surface area contributed by atoms with Gasteiger partial charge in [0.25, 0.3) is 0 Å². The molecule has 0 aromatic heterocycles. The highest BCUT2D eigenvalue weighted by Gasteiger charge is 2.26. The van der Waals surface area contributed by atoms with Crippen molar-refractivity contribution in [1.29, 1.82) is 0 Å². The first-order valence-electron chi connectivity index (χ1n) is 8.05. The molecule has 2 aliphatic rings. The van der Waals surface area contributed by atoms with E-state index in [0.29, 0.717) is 19.1 Å². The second kappa shape index (κ2) is 7.75. The number of carbonyl (C=O) groups excluding carboxylic acids is 2. The molecule has 0 radical (unpaired) electrons. The van der Waals surface area contributed by atoms with Gasteiger partial charge in [0.1, 0.15) is 0 Å². The molecule has 0 aromatic carbocycles. The van der Waals surface area contributed by atoms with E-state index in [4.69, 9.17) is 0 Å². The maximum Gasteiger partial charge on any atom is 0.236 e. The Morgan fingerprint density at radius 2 is 1.62 bits per heavy atom. The molecule has 0 bridgehead atoms. The lowest BCUT2D eigenvalue weighted by Crippen LogP contribution is -2.53. The molecule has 1 unspecified atom stereocenters. The molecule has 0 aliphatic carbocycles. The van der Waals surface area contributed by atoms with Crippen LogP contribution in [-0.4, -0.2) is 85.4 Å². The van der Waals surface area contributed by atoms with Crippen LogP contribution in [0.4, 0.5) is 0 Å². The topological polar surface area (TPSA) is 55.9 Å². The number of hydrogen-bond donors (Lipinski definition) is 1. The Morgan fingerprint density at radius 3 is 2.19 bits per heavy atom. The van der Waals surface area contributed by atoms with Crippen LogP contribution in [0.5, 0.6) is 0 Å². The Balaban J connectivity index is 1.72. The number of piperidine rings is 1. The fourth-order valence-electron chi connectivity index (χ4n) is 3.14. The van der Waals surface area contributed by atoms with E-state index in [1.165, 1.54) is 6.42 Å². The van der Waals surface area contributed by atoms with Gasteiger partial charge in [0.2, 0.25) is 11.8 Å². The fraction of sp³-hybridized carbons (Fsp3) is 0.867. The highest BCUT2D eigenvalue weighted by molar-refractivity contribution is 5.79. The van der Waals surface area contributed by atoms with Gasteiger partial charge in [0, 0.05) is 45.8 Å². The molecular formula is C15H28N4O2. The van der Waals surface area contributed by atoms with E-state index in [0.717, 1.165) is 45.6 Å². The van der Waals surface area contributed by atoms with Crippen molar-refractivity contribution < 1.29 is 9.59 Å². The maximum absolute atomic E-state index is 12.4. The summed E-state index contributed by atoms with van der Waals surface area (Å²) in [6.07, 6.45) is 3.50. The zero-order valence-corrected chi connectivity index (χ0v) is 13.3. The summed E-state index contributed by atoms with van der Waals surface area (Å²) in [5.41, 5.74) is 0. The van der Waals surface area contributed by atoms with E-state index < -0.39 is 0 Å². The standard InChI is InChI=1S/C15H28N4O2/c1-13-5-3-4-6-19(13)15(21)12-18-9-7-17(8-10-18)11-14(20)16-2/h13H,3-12H2,1-2H3,(H,16,20). The molecule has 2 heterocycles. The van der Waals surface area contributed by atoms with Crippen molar-refractivity contribution in [3.8, 4) is 0 Å². The number of nitrogens with zero attached hydrogens (tertiary/aromatic N) is 3. The molecule has 2 rings (SSSR count). The lowest BCUT2D eigenvalue weighted by Gasteiger charge is -2.37. The lowest BCUT2D eigenvalue weighted by atomic mass is 10.0. The van der Waals surface area contributed by atoms with E-state index in [1.807, 2.05) is 4.90 Å². The average molecular weight is 296 g/mol. The van der Waals surface area contributed by atoms with Crippen LogP contribution < -0.4 is 5.32 Å². The molecule has 0 aromatic rings. The normalized spacial score (nSPS) is 24.9. The van der Waals surface area contributed by atoms with E-state index in [9.17, 15) is 9.59 Å². The zero-order valence-electron chi connectivity index (χ0n) is 13.3. The summed E-state index contributed by atoms with van der Waals surface area (Å²) < 4.78 is 0. The van der Waals surface area contributed by atoms with Gasteiger partial charge >= 0.3 is 0 Å². The Labute approximate surface area is 127 Å². The number of rotatable bonds is 4. The van der Waals surface area contributed by atoms with Gasteiger partial charge in [-0.1, -0.05) is 0 Å². The number of hydrogen-bond acceptors (Lipinski definition) is 4. The van der Waals surface area contributed by atoms with Gasteiger partial charge in [0.15, 0.2) is 0 Å².